The van der Waals surface area contributed by atoms with E-state index in [1.807, 2.05) is 32.0 Å². The highest BCUT2D eigenvalue weighted by Crippen LogP contribution is 2.35. The van der Waals surface area contributed by atoms with Crippen LogP contribution in [0.1, 0.15) is 25.5 Å². The van der Waals surface area contributed by atoms with Gasteiger partial charge in [-0.1, -0.05) is 6.07 Å². The molecule has 5 nitrogen and oxygen atoms in total. The minimum atomic E-state index is -2.93. The summed E-state index contributed by atoms with van der Waals surface area (Å²) in [4.78, 5) is 2.11. The van der Waals surface area contributed by atoms with Crippen molar-refractivity contribution in [2.45, 2.75) is 25.9 Å². The van der Waals surface area contributed by atoms with Crippen molar-refractivity contribution >= 4 is 15.5 Å². The molecule has 1 unspecified atom stereocenters. The van der Waals surface area contributed by atoms with E-state index in [0.717, 1.165) is 17.0 Å². The van der Waals surface area contributed by atoms with Crippen molar-refractivity contribution in [3.8, 4) is 5.75 Å². The van der Waals surface area contributed by atoms with Gasteiger partial charge in [0.1, 0.15) is 5.75 Å². The maximum absolute atomic E-state index is 11.7. The highest BCUT2D eigenvalue weighted by molar-refractivity contribution is 7.91. The lowest BCUT2D eigenvalue weighted by atomic mass is 10.0. The van der Waals surface area contributed by atoms with Crippen molar-refractivity contribution in [2.75, 3.05) is 30.1 Å². The van der Waals surface area contributed by atoms with E-state index in [1.54, 1.807) is 7.11 Å². The molecule has 112 valence electrons. The standard InChI is InChI=1S/C14H22N2O3S/c1-10-9-20(17,18)8-7-16(10)12-5-4-6-13(19-3)14(12)11(2)15/h4-6,10-11H,7-9,15H2,1-3H3/t10?,11-/m1/s1. The van der Waals surface area contributed by atoms with E-state index in [2.05, 4.69) is 4.90 Å². The third-order valence-electron chi connectivity index (χ3n) is 3.70. The van der Waals surface area contributed by atoms with Gasteiger partial charge < -0.3 is 15.4 Å². The number of methoxy groups -OCH3 is 1. The molecule has 0 amide bonds. The van der Waals surface area contributed by atoms with Crippen LogP contribution < -0.4 is 15.4 Å². The van der Waals surface area contributed by atoms with Crippen molar-refractivity contribution in [3.63, 3.8) is 0 Å². The fourth-order valence-corrected chi connectivity index (χ4v) is 4.33. The third kappa shape index (κ3) is 2.91. The summed E-state index contributed by atoms with van der Waals surface area (Å²) < 4.78 is 28.8. The lowest BCUT2D eigenvalue weighted by Gasteiger charge is -2.37. The lowest BCUT2D eigenvalue weighted by Crippen LogP contribution is -2.47. The molecule has 2 rings (SSSR count). The van der Waals surface area contributed by atoms with Gasteiger partial charge >= 0.3 is 0 Å². The molecule has 0 aliphatic carbocycles. The molecular weight excluding hydrogens is 276 g/mol. The summed E-state index contributed by atoms with van der Waals surface area (Å²) in [5.74, 6) is 1.12. The number of sulfone groups is 1. The van der Waals surface area contributed by atoms with Gasteiger partial charge in [0.15, 0.2) is 9.84 Å². The summed E-state index contributed by atoms with van der Waals surface area (Å²) in [6.45, 7) is 4.34. The molecule has 0 bridgehead atoms. The molecule has 0 radical (unpaired) electrons. The normalized spacial score (nSPS) is 23.4. The van der Waals surface area contributed by atoms with E-state index in [1.165, 1.54) is 0 Å². The first-order valence-electron chi connectivity index (χ1n) is 6.75. The summed E-state index contributed by atoms with van der Waals surface area (Å²) in [7, 11) is -1.31. The number of nitrogens with zero attached hydrogens (tertiary/aromatic N) is 1. The van der Waals surface area contributed by atoms with E-state index >= 15 is 0 Å². The molecule has 1 aromatic rings. The zero-order valence-corrected chi connectivity index (χ0v) is 13.0. The first-order valence-corrected chi connectivity index (χ1v) is 8.57. The molecule has 2 atom stereocenters. The number of nitrogens with two attached hydrogens (primary N) is 1. The molecule has 0 saturated carbocycles. The first kappa shape index (κ1) is 15.1. The monoisotopic (exact) mass is 298 g/mol. The molecular formula is C14H22N2O3S. The van der Waals surface area contributed by atoms with Gasteiger partial charge in [0.2, 0.25) is 0 Å². The molecule has 6 heteroatoms. The second kappa shape index (κ2) is 5.61. The van der Waals surface area contributed by atoms with Gasteiger partial charge in [0.25, 0.3) is 0 Å². The minimum absolute atomic E-state index is 0.0571. The third-order valence-corrected chi connectivity index (χ3v) is 5.49. The van der Waals surface area contributed by atoms with Crippen LogP contribution in [0.2, 0.25) is 0 Å². The maximum atomic E-state index is 11.7. The van der Waals surface area contributed by atoms with Crippen LogP contribution >= 0.6 is 0 Å². The average Bonchev–Trinajstić information content (AvgIpc) is 2.36. The first-order chi connectivity index (χ1) is 9.35. The Morgan fingerprint density at radius 3 is 2.70 bits per heavy atom. The Morgan fingerprint density at radius 1 is 1.45 bits per heavy atom. The Morgan fingerprint density at radius 2 is 2.15 bits per heavy atom. The van der Waals surface area contributed by atoms with Gasteiger partial charge in [-0.25, -0.2) is 8.42 Å². The topological polar surface area (TPSA) is 72.6 Å². The number of ether oxygens (including phenoxy) is 1. The lowest BCUT2D eigenvalue weighted by molar-refractivity contribution is 0.406. The Balaban J connectivity index is 2.43. The maximum Gasteiger partial charge on any atom is 0.154 e. The van der Waals surface area contributed by atoms with Crippen LogP contribution in [0, 0.1) is 0 Å². The fourth-order valence-electron chi connectivity index (χ4n) is 2.78. The van der Waals surface area contributed by atoms with Gasteiger partial charge in [0.05, 0.1) is 18.6 Å². The predicted molar refractivity (Wildman–Crippen MR) is 81.1 cm³/mol. The van der Waals surface area contributed by atoms with Crippen molar-refractivity contribution in [1.29, 1.82) is 0 Å². The summed E-state index contributed by atoms with van der Waals surface area (Å²) in [5, 5.41) is 0. The van der Waals surface area contributed by atoms with E-state index in [4.69, 9.17) is 10.5 Å². The molecule has 1 saturated heterocycles. The van der Waals surface area contributed by atoms with E-state index in [0.29, 0.717) is 6.54 Å². The zero-order valence-electron chi connectivity index (χ0n) is 12.2. The van der Waals surface area contributed by atoms with Gasteiger partial charge in [-0.3, -0.25) is 0 Å². The molecule has 0 spiro atoms. The Labute approximate surface area is 120 Å². The molecule has 1 heterocycles. The summed E-state index contributed by atoms with van der Waals surface area (Å²) in [5.41, 5.74) is 7.98. The van der Waals surface area contributed by atoms with Crippen LogP contribution in [-0.2, 0) is 9.84 Å². The molecule has 1 aromatic carbocycles. The summed E-state index contributed by atoms with van der Waals surface area (Å²) in [6.07, 6.45) is 0. The molecule has 20 heavy (non-hydrogen) atoms. The molecule has 0 aromatic heterocycles. The largest absolute Gasteiger partial charge is 0.496 e. The molecule has 1 aliphatic rings. The number of hydrogen-bond donors (Lipinski definition) is 1. The van der Waals surface area contributed by atoms with E-state index < -0.39 is 9.84 Å². The highest BCUT2D eigenvalue weighted by atomic mass is 32.2. The number of rotatable bonds is 3. The number of hydrogen-bond acceptors (Lipinski definition) is 5. The fraction of sp³-hybridized carbons (Fsp3) is 0.571. The van der Waals surface area contributed by atoms with Gasteiger partial charge in [0, 0.05) is 29.9 Å². The SMILES string of the molecule is COc1cccc(N2CCS(=O)(=O)CC2C)c1[C@@H](C)N. The number of anilines is 1. The van der Waals surface area contributed by atoms with Crippen LogP contribution in [0.3, 0.4) is 0 Å². The molecule has 1 aliphatic heterocycles. The van der Waals surface area contributed by atoms with Gasteiger partial charge in [-0.15, -0.1) is 0 Å². The van der Waals surface area contributed by atoms with Crippen molar-refractivity contribution in [1.82, 2.24) is 0 Å². The van der Waals surface area contributed by atoms with E-state index in [-0.39, 0.29) is 23.6 Å². The van der Waals surface area contributed by atoms with Crippen LogP contribution in [0.15, 0.2) is 18.2 Å². The van der Waals surface area contributed by atoms with Crippen LogP contribution in [0.25, 0.3) is 0 Å². The highest BCUT2D eigenvalue weighted by Gasteiger charge is 2.30. The second-order valence-electron chi connectivity index (χ2n) is 5.34. The summed E-state index contributed by atoms with van der Waals surface area (Å²) >= 11 is 0. The molecule has 2 N–H and O–H groups in total. The van der Waals surface area contributed by atoms with E-state index in [9.17, 15) is 8.42 Å². The average molecular weight is 298 g/mol. The van der Waals surface area contributed by atoms with Crippen LogP contribution in [-0.4, -0.2) is 39.6 Å². The van der Waals surface area contributed by atoms with Gasteiger partial charge in [-0.2, -0.15) is 0 Å². The van der Waals surface area contributed by atoms with Crippen molar-refractivity contribution in [3.05, 3.63) is 23.8 Å². The van der Waals surface area contributed by atoms with Crippen LogP contribution in [0.5, 0.6) is 5.75 Å². The quantitative estimate of drug-likeness (QED) is 0.911. The number of benzene rings is 1. The molecule has 1 fully saturated rings. The Hall–Kier alpha value is -1.27. The zero-order chi connectivity index (χ0) is 14.9. The summed E-state index contributed by atoms with van der Waals surface area (Å²) in [6, 6.07) is 5.55. The van der Waals surface area contributed by atoms with Gasteiger partial charge in [-0.05, 0) is 26.0 Å². The van der Waals surface area contributed by atoms with Crippen LogP contribution in [0.4, 0.5) is 5.69 Å². The Kier molecular flexibility index (Phi) is 4.25. The van der Waals surface area contributed by atoms with Crippen molar-refractivity contribution in [2.24, 2.45) is 5.73 Å². The second-order valence-corrected chi connectivity index (χ2v) is 7.57. The minimum Gasteiger partial charge on any atom is -0.496 e. The Bertz CT molecular complexity index is 584. The smallest absolute Gasteiger partial charge is 0.154 e. The predicted octanol–water partition coefficient (Wildman–Crippen LogP) is 1.34. The van der Waals surface area contributed by atoms with Crippen molar-refractivity contribution < 1.29 is 13.2 Å².